The third-order valence-corrected chi connectivity index (χ3v) is 3.34. The van der Waals surface area contributed by atoms with Gasteiger partial charge in [-0.3, -0.25) is 0 Å². The van der Waals surface area contributed by atoms with Crippen molar-refractivity contribution in [2.24, 2.45) is 7.05 Å². The fraction of sp³-hybridized carbons (Fsp3) is 0.769. The lowest BCUT2D eigenvalue weighted by molar-refractivity contribution is -0.0105. The minimum atomic E-state index is 0.232. The van der Waals surface area contributed by atoms with Gasteiger partial charge in [0, 0.05) is 26.0 Å². The molecule has 2 heterocycles. The lowest BCUT2D eigenvalue weighted by Gasteiger charge is -2.30. The molecule has 17 heavy (non-hydrogen) atoms. The summed E-state index contributed by atoms with van der Waals surface area (Å²) in [7, 11) is 2.05. The predicted molar refractivity (Wildman–Crippen MR) is 67.8 cm³/mol. The summed E-state index contributed by atoms with van der Waals surface area (Å²) in [5.41, 5.74) is 0. The highest BCUT2D eigenvalue weighted by atomic mass is 16.5. The summed E-state index contributed by atoms with van der Waals surface area (Å²) in [6.45, 7) is 4.08. The molecule has 1 saturated heterocycles. The fourth-order valence-corrected chi connectivity index (χ4v) is 2.39. The summed E-state index contributed by atoms with van der Waals surface area (Å²) in [6.07, 6.45) is 8.85. The number of rotatable bonds is 5. The van der Waals surface area contributed by atoms with E-state index < -0.39 is 0 Å². The number of aryl methyl sites for hydroxylation is 1. The van der Waals surface area contributed by atoms with Gasteiger partial charge in [0.15, 0.2) is 0 Å². The SMILES string of the molecule is CCCNC(c1nccn1C)C1CCCCO1. The van der Waals surface area contributed by atoms with E-state index in [4.69, 9.17) is 4.74 Å². The van der Waals surface area contributed by atoms with Gasteiger partial charge < -0.3 is 14.6 Å². The van der Waals surface area contributed by atoms with Gasteiger partial charge in [-0.25, -0.2) is 4.98 Å². The van der Waals surface area contributed by atoms with E-state index >= 15 is 0 Å². The molecule has 0 aliphatic carbocycles. The average Bonchev–Trinajstić information content (AvgIpc) is 2.78. The summed E-state index contributed by atoms with van der Waals surface area (Å²) in [5, 5.41) is 3.57. The Morgan fingerprint density at radius 1 is 1.59 bits per heavy atom. The van der Waals surface area contributed by atoms with Crippen LogP contribution in [0.15, 0.2) is 12.4 Å². The zero-order valence-electron chi connectivity index (χ0n) is 10.9. The first-order valence-corrected chi connectivity index (χ1v) is 6.65. The average molecular weight is 237 g/mol. The van der Waals surface area contributed by atoms with Crippen LogP contribution in [0.4, 0.5) is 0 Å². The Labute approximate surface area is 103 Å². The van der Waals surface area contributed by atoms with E-state index in [9.17, 15) is 0 Å². The normalized spacial score (nSPS) is 22.6. The molecule has 1 aliphatic heterocycles. The van der Waals surface area contributed by atoms with E-state index in [1.807, 2.05) is 19.4 Å². The first-order valence-electron chi connectivity index (χ1n) is 6.65. The van der Waals surface area contributed by atoms with Crippen molar-refractivity contribution in [2.45, 2.75) is 44.8 Å². The van der Waals surface area contributed by atoms with Gasteiger partial charge in [-0.1, -0.05) is 6.92 Å². The molecule has 1 fully saturated rings. The molecule has 0 bridgehead atoms. The molecule has 2 rings (SSSR count). The molecule has 0 aromatic carbocycles. The molecular weight excluding hydrogens is 214 g/mol. The van der Waals surface area contributed by atoms with Gasteiger partial charge in [-0.05, 0) is 32.2 Å². The molecule has 0 amide bonds. The van der Waals surface area contributed by atoms with Crippen molar-refractivity contribution in [1.82, 2.24) is 14.9 Å². The second-order valence-electron chi connectivity index (χ2n) is 4.73. The number of nitrogens with zero attached hydrogens (tertiary/aromatic N) is 2. The smallest absolute Gasteiger partial charge is 0.128 e. The Morgan fingerprint density at radius 3 is 3.06 bits per heavy atom. The Balaban J connectivity index is 2.09. The summed E-state index contributed by atoms with van der Waals surface area (Å²) in [5.74, 6) is 1.09. The molecule has 1 aromatic heterocycles. The summed E-state index contributed by atoms with van der Waals surface area (Å²) in [4.78, 5) is 4.46. The van der Waals surface area contributed by atoms with Crippen molar-refractivity contribution < 1.29 is 4.74 Å². The molecule has 1 N–H and O–H groups in total. The summed E-state index contributed by atoms with van der Waals surface area (Å²) in [6, 6.07) is 0.232. The first-order chi connectivity index (χ1) is 8.33. The standard InChI is InChI=1S/C13H23N3O/c1-3-7-14-12(11-6-4-5-10-17-11)13-15-8-9-16(13)2/h8-9,11-12,14H,3-7,10H2,1-2H3. The van der Waals surface area contributed by atoms with Gasteiger partial charge >= 0.3 is 0 Å². The van der Waals surface area contributed by atoms with E-state index in [0.29, 0.717) is 0 Å². The highest BCUT2D eigenvalue weighted by Gasteiger charge is 2.27. The van der Waals surface area contributed by atoms with Crippen LogP contribution in [-0.2, 0) is 11.8 Å². The topological polar surface area (TPSA) is 39.1 Å². The summed E-state index contributed by atoms with van der Waals surface area (Å²) >= 11 is 0. The molecule has 1 aliphatic rings. The molecule has 2 atom stereocenters. The van der Waals surface area contributed by atoms with Gasteiger partial charge in [-0.15, -0.1) is 0 Å². The minimum Gasteiger partial charge on any atom is -0.376 e. The van der Waals surface area contributed by atoms with Crippen molar-refractivity contribution in [3.63, 3.8) is 0 Å². The zero-order chi connectivity index (χ0) is 12.1. The molecule has 2 unspecified atom stereocenters. The molecule has 0 saturated carbocycles. The summed E-state index contributed by atoms with van der Waals surface area (Å²) < 4.78 is 7.99. The van der Waals surface area contributed by atoms with Crippen molar-refractivity contribution in [3.8, 4) is 0 Å². The largest absolute Gasteiger partial charge is 0.376 e. The van der Waals surface area contributed by atoms with Crippen LogP contribution >= 0.6 is 0 Å². The maximum absolute atomic E-state index is 5.90. The molecule has 0 radical (unpaired) electrons. The van der Waals surface area contributed by atoms with Gasteiger partial charge in [0.1, 0.15) is 5.82 Å². The number of aromatic nitrogens is 2. The second-order valence-corrected chi connectivity index (χ2v) is 4.73. The Kier molecular flexibility index (Phi) is 4.57. The van der Waals surface area contributed by atoms with Gasteiger partial charge in [0.25, 0.3) is 0 Å². The van der Waals surface area contributed by atoms with E-state index in [1.165, 1.54) is 12.8 Å². The van der Waals surface area contributed by atoms with E-state index in [2.05, 4.69) is 21.8 Å². The number of nitrogens with one attached hydrogen (secondary N) is 1. The lowest BCUT2D eigenvalue weighted by atomic mass is 10.0. The van der Waals surface area contributed by atoms with Crippen molar-refractivity contribution in [3.05, 3.63) is 18.2 Å². The number of imidazole rings is 1. The highest BCUT2D eigenvalue weighted by molar-refractivity contribution is 5.02. The fourth-order valence-electron chi connectivity index (χ4n) is 2.39. The van der Waals surface area contributed by atoms with Crippen molar-refractivity contribution in [1.29, 1.82) is 0 Å². The van der Waals surface area contributed by atoms with Gasteiger partial charge in [-0.2, -0.15) is 0 Å². The van der Waals surface area contributed by atoms with Gasteiger partial charge in [0.05, 0.1) is 12.1 Å². The maximum Gasteiger partial charge on any atom is 0.128 e. The molecule has 1 aromatic rings. The highest BCUT2D eigenvalue weighted by Crippen LogP contribution is 2.25. The monoisotopic (exact) mass is 237 g/mol. The predicted octanol–water partition coefficient (Wildman–Crippen LogP) is 2.03. The van der Waals surface area contributed by atoms with Crippen LogP contribution in [0.25, 0.3) is 0 Å². The van der Waals surface area contributed by atoms with Crippen molar-refractivity contribution in [2.75, 3.05) is 13.2 Å². The number of ether oxygens (including phenoxy) is 1. The number of hydrogen-bond donors (Lipinski definition) is 1. The van der Waals surface area contributed by atoms with Crippen LogP contribution in [0.2, 0.25) is 0 Å². The Hall–Kier alpha value is -0.870. The van der Waals surface area contributed by atoms with E-state index in [0.717, 1.165) is 31.8 Å². The van der Waals surface area contributed by atoms with E-state index in [1.54, 1.807) is 0 Å². The quantitative estimate of drug-likeness (QED) is 0.851. The van der Waals surface area contributed by atoms with Crippen LogP contribution in [0.3, 0.4) is 0 Å². The molecule has 4 heteroatoms. The van der Waals surface area contributed by atoms with Crippen LogP contribution in [0.1, 0.15) is 44.5 Å². The second kappa shape index (κ2) is 6.17. The van der Waals surface area contributed by atoms with Crippen molar-refractivity contribution >= 4 is 0 Å². The van der Waals surface area contributed by atoms with Crippen LogP contribution in [0.5, 0.6) is 0 Å². The zero-order valence-corrected chi connectivity index (χ0v) is 10.9. The maximum atomic E-state index is 5.90. The molecular formula is C13H23N3O. The molecule has 4 nitrogen and oxygen atoms in total. The molecule has 96 valence electrons. The first kappa shape index (κ1) is 12.6. The van der Waals surface area contributed by atoms with Crippen LogP contribution < -0.4 is 5.32 Å². The van der Waals surface area contributed by atoms with Gasteiger partial charge in [0.2, 0.25) is 0 Å². The lowest BCUT2D eigenvalue weighted by Crippen LogP contribution is -2.37. The Bertz CT molecular complexity index is 331. The third kappa shape index (κ3) is 3.07. The van der Waals surface area contributed by atoms with Crippen LogP contribution in [-0.4, -0.2) is 28.8 Å². The van der Waals surface area contributed by atoms with E-state index in [-0.39, 0.29) is 12.1 Å². The third-order valence-electron chi connectivity index (χ3n) is 3.34. The van der Waals surface area contributed by atoms with Crippen LogP contribution in [0, 0.1) is 0 Å². The minimum absolute atomic E-state index is 0.232. The molecule has 0 spiro atoms. The number of hydrogen-bond acceptors (Lipinski definition) is 3. The Morgan fingerprint density at radius 2 is 2.47 bits per heavy atom.